The number of amides is 1. The molecule has 0 aliphatic carbocycles. The molecule has 0 bridgehead atoms. The van der Waals surface area contributed by atoms with Crippen LogP contribution in [0.2, 0.25) is 0 Å². The Morgan fingerprint density at radius 2 is 1.70 bits per heavy atom. The van der Waals surface area contributed by atoms with Crippen LogP contribution in [0.5, 0.6) is 0 Å². The fourth-order valence-electron chi connectivity index (χ4n) is 2.81. The summed E-state index contributed by atoms with van der Waals surface area (Å²) < 4.78 is 42.0. The predicted octanol–water partition coefficient (Wildman–Crippen LogP) is 4.73. The molecule has 3 aromatic rings. The zero-order chi connectivity index (χ0) is 21.7. The number of hydrogen-bond donors (Lipinski definition) is 1. The minimum Gasteiger partial charge on any atom is -0.322 e. The maximum atomic E-state index is 14.1. The maximum Gasteiger partial charge on any atom is 0.243 e. The summed E-state index contributed by atoms with van der Waals surface area (Å²) in [7, 11) is -3.94. The molecular weight excluding hydrogens is 471 g/mol. The highest BCUT2D eigenvalue weighted by Crippen LogP contribution is 2.21. The lowest BCUT2D eigenvalue weighted by atomic mass is 10.1. The highest BCUT2D eigenvalue weighted by molar-refractivity contribution is 9.10. The van der Waals surface area contributed by atoms with Crippen molar-refractivity contribution in [2.24, 2.45) is 0 Å². The van der Waals surface area contributed by atoms with E-state index in [0.717, 1.165) is 15.4 Å². The van der Waals surface area contributed by atoms with Gasteiger partial charge in [-0.2, -0.15) is 4.31 Å². The Hall–Kier alpha value is -2.55. The molecule has 3 rings (SSSR count). The molecule has 156 valence electrons. The Bertz CT molecular complexity index is 1140. The minimum atomic E-state index is -3.94. The molecule has 0 unspecified atom stereocenters. The van der Waals surface area contributed by atoms with Gasteiger partial charge in [0.05, 0.1) is 17.1 Å². The van der Waals surface area contributed by atoms with E-state index in [2.05, 4.69) is 21.2 Å². The number of anilines is 1. The van der Waals surface area contributed by atoms with Crippen LogP contribution in [-0.4, -0.2) is 25.2 Å². The van der Waals surface area contributed by atoms with Crippen molar-refractivity contribution in [3.8, 4) is 0 Å². The average molecular weight is 491 g/mol. The molecule has 0 heterocycles. The number of halogens is 2. The van der Waals surface area contributed by atoms with Crippen LogP contribution in [0, 0.1) is 12.7 Å². The molecule has 0 atom stereocenters. The largest absolute Gasteiger partial charge is 0.322 e. The first kappa shape index (κ1) is 22.1. The van der Waals surface area contributed by atoms with Gasteiger partial charge in [0.15, 0.2) is 0 Å². The van der Waals surface area contributed by atoms with Gasteiger partial charge < -0.3 is 5.32 Å². The number of aryl methyl sites for hydroxylation is 1. The molecule has 1 amide bonds. The Morgan fingerprint density at radius 3 is 2.33 bits per heavy atom. The van der Waals surface area contributed by atoms with Crippen molar-refractivity contribution in [1.29, 1.82) is 0 Å². The van der Waals surface area contributed by atoms with E-state index in [4.69, 9.17) is 0 Å². The summed E-state index contributed by atoms with van der Waals surface area (Å²) in [5, 5.41) is 2.45. The van der Waals surface area contributed by atoms with Crippen molar-refractivity contribution < 1.29 is 17.6 Å². The molecule has 0 spiro atoms. The molecule has 8 heteroatoms. The number of benzene rings is 3. The van der Waals surface area contributed by atoms with Gasteiger partial charge in [-0.25, -0.2) is 12.8 Å². The van der Waals surface area contributed by atoms with Crippen LogP contribution in [0.1, 0.15) is 11.1 Å². The van der Waals surface area contributed by atoms with Gasteiger partial charge in [0.2, 0.25) is 15.9 Å². The first-order chi connectivity index (χ1) is 14.3. The summed E-state index contributed by atoms with van der Waals surface area (Å²) in [4.78, 5) is 12.7. The summed E-state index contributed by atoms with van der Waals surface area (Å²) in [6.45, 7) is 1.48. The van der Waals surface area contributed by atoms with Gasteiger partial charge in [-0.1, -0.05) is 64.0 Å². The van der Waals surface area contributed by atoms with E-state index >= 15 is 0 Å². The third-order valence-electron chi connectivity index (χ3n) is 4.39. The Morgan fingerprint density at radius 1 is 1.03 bits per heavy atom. The van der Waals surface area contributed by atoms with Gasteiger partial charge in [-0.05, 0) is 42.8 Å². The van der Waals surface area contributed by atoms with Gasteiger partial charge >= 0.3 is 0 Å². The lowest BCUT2D eigenvalue weighted by Gasteiger charge is -2.22. The number of carbonyl (C=O) groups excluding carboxylic acids is 1. The lowest BCUT2D eigenvalue weighted by Crippen LogP contribution is -2.37. The second-order valence-electron chi connectivity index (χ2n) is 6.74. The Kier molecular flexibility index (Phi) is 7.02. The zero-order valence-corrected chi connectivity index (χ0v) is 18.6. The molecule has 0 radical (unpaired) electrons. The molecule has 0 aliphatic rings. The molecule has 5 nitrogen and oxygen atoms in total. The quantitative estimate of drug-likeness (QED) is 0.520. The van der Waals surface area contributed by atoms with Gasteiger partial charge in [-0.15, -0.1) is 0 Å². The van der Waals surface area contributed by atoms with Crippen LogP contribution < -0.4 is 5.32 Å². The van der Waals surface area contributed by atoms with Crippen molar-refractivity contribution in [2.75, 3.05) is 11.9 Å². The van der Waals surface area contributed by atoms with Gasteiger partial charge in [0.25, 0.3) is 0 Å². The van der Waals surface area contributed by atoms with E-state index in [1.807, 2.05) is 31.2 Å². The number of nitrogens with one attached hydrogen (secondary N) is 1. The van der Waals surface area contributed by atoms with Crippen molar-refractivity contribution in [3.63, 3.8) is 0 Å². The van der Waals surface area contributed by atoms with Gasteiger partial charge in [0, 0.05) is 11.0 Å². The first-order valence-corrected chi connectivity index (χ1v) is 11.3. The van der Waals surface area contributed by atoms with Crippen LogP contribution in [-0.2, 0) is 21.4 Å². The van der Waals surface area contributed by atoms with Crippen molar-refractivity contribution in [2.45, 2.75) is 18.4 Å². The average Bonchev–Trinajstić information content (AvgIpc) is 2.72. The number of sulfonamides is 1. The smallest absolute Gasteiger partial charge is 0.243 e. The van der Waals surface area contributed by atoms with Crippen LogP contribution in [0.3, 0.4) is 0 Å². The van der Waals surface area contributed by atoms with Crippen LogP contribution in [0.15, 0.2) is 82.2 Å². The normalized spacial score (nSPS) is 11.5. The van der Waals surface area contributed by atoms with E-state index in [-0.39, 0.29) is 17.1 Å². The second kappa shape index (κ2) is 9.51. The van der Waals surface area contributed by atoms with Crippen LogP contribution in [0.4, 0.5) is 10.1 Å². The number of rotatable bonds is 7. The number of carbonyl (C=O) groups is 1. The summed E-state index contributed by atoms with van der Waals surface area (Å²) in [5.74, 6) is -1.25. The van der Waals surface area contributed by atoms with E-state index in [0.29, 0.717) is 4.47 Å². The summed E-state index contributed by atoms with van der Waals surface area (Å²) in [6.07, 6.45) is 0. The fourth-order valence-corrected chi connectivity index (χ4v) is 4.54. The van der Waals surface area contributed by atoms with Gasteiger partial charge in [-0.3, -0.25) is 4.79 Å². The van der Waals surface area contributed by atoms with E-state index in [9.17, 15) is 17.6 Å². The molecule has 0 saturated heterocycles. The molecule has 0 aromatic heterocycles. The minimum absolute atomic E-state index is 0.00769. The highest BCUT2D eigenvalue weighted by Gasteiger charge is 2.27. The molecule has 1 N–H and O–H groups in total. The Balaban J connectivity index is 1.86. The topological polar surface area (TPSA) is 66.5 Å². The zero-order valence-electron chi connectivity index (χ0n) is 16.2. The predicted molar refractivity (Wildman–Crippen MR) is 118 cm³/mol. The number of nitrogens with zero attached hydrogens (tertiary/aromatic N) is 1. The third kappa shape index (κ3) is 5.53. The molecule has 0 fully saturated rings. The maximum absolute atomic E-state index is 14.1. The van der Waals surface area contributed by atoms with E-state index < -0.39 is 28.3 Å². The van der Waals surface area contributed by atoms with Crippen LogP contribution >= 0.6 is 15.9 Å². The molecule has 3 aromatic carbocycles. The van der Waals surface area contributed by atoms with Crippen molar-refractivity contribution >= 4 is 37.5 Å². The Labute approximate surface area is 183 Å². The van der Waals surface area contributed by atoms with Crippen LogP contribution in [0.25, 0.3) is 0 Å². The standard InChI is InChI=1S/C22H20BrFN2O3S/c1-16-7-9-17(10-8-16)14-26(30(28,29)19-5-3-2-4-6-19)15-22(27)25-21-12-11-18(23)13-20(21)24/h2-13H,14-15H2,1H3,(H,25,27). The van der Waals surface area contributed by atoms with E-state index in [1.165, 1.54) is 24.3 Å². The monoisotopic (exact) mass is 490 g/mol. The SMILES string of the molecule is Cc1ccc(CN(CC(=O)Nc2ccc(Br)cc2F)S(=O)(=O)c2ccccc2)cc1. The second-order valence-corrected chi connectivity index (χ2v) is 9.60. The lowest BCUT2D eigenvalue weighted by molar-refractivity contribution is -0.116. The third-order valence-corrected chi connectivity index (χ3v) is 6.68. The molecule has 30 heavy (non-hydrogen) atoms. The molecular formula is C22H20BrFN2O3S. The van der Waals surface area contributed by atoms with Crippen molar-refractivity contribution in [3.05, 3.63) is 94.2 Å². The van der Waals surface area contributed by atoms with Crippen molar-refractivity contribution in [1.82, 2.24) is 4.31 Å². The first-order valence-electron chi connectivity index (χ1n) is 9.11. The van der Waals surface area contributed by atoms with E-state index in [1.54, 1.807) is 24.3 Å². The summed E-state index contributed by atoms with van der Waals surface area (Å²) >= 11 is 3.16. The number of hydrogen-bond acceptors (Lipinski definition) is 3. The highest BCUT2D eigenvalue weighted by atomic mass is 79.9. The van der Waals surface area contributed by atoms with Gasteiger partial charge in [0.1, 0.15) is 5.82 Å². The molecule has 0 aliphatic heterocycles. The molecule has 0 saturated carbocycles. The summed E-state index contributed by atoms with van der Waals surface area (Å²) in [5.41, 5.74) is 1.76. The summed E-state index contributed by atoms with van der Waals surface area (Å²) in [6, 6.07) is 19.5. The fraction of sp³-hybridized carbons (Fsp3) is 0.136.